The molecule has 1 radical (unpaired) electrons. The number of carbonyl (C=O) groups is 2. The quantitative estimate of drug-likeness (QED) is 0.294. The summed E-state index contributed by atoms with van der Waals surface area (Å²) in [6.45, 7) is 1.55. The molecule has 0 spiro atoms. The zero-order chi connectivity index (χ0) is 7.28. The van der Waals surface area contributed by atoms with Crippen molar-refractivity contribution in [3.63, 3.8) is 0 Å². The molecule has 3 nitrogen and oxygen atoms in total. The van der Waals surface area contributed by atoms with Gasteiger partial charge in [0, 0.05) is 25.9 Å². The molecule has 0 amide bonds. The summed E-state index contributed by atoms with van der Waals surface area (Å²) >= 11 is 0. The SMILES string of the molecule is CCC(=O)C(=O)C=C=O.[Rh]. The molecule has 10 heavy (non-hydrogen) atoms. The van der Waals surface area contributed by atoms with Crippen molar-refractivity contribution in [2.75, 3.05) is 0 Å². The van der Waals surface area contributed by atoms with Crippen molar-refractivity contribution in [2.45, 2.75) is 13.3 Å². The first kappa shape index (κ1) is 12.1. The van der Waals surface area contributed by atoms with Crippen LogP contribution in [0.4, 0.5) is 0 Å². The van der Waals surface area contributed by atoms with Gasteiger partial charge in [-0.2, -0.15) is 0 Å². The molecule has 4 heteroatoms. The molecule has 0 saturated carbocycles. The van der Waals surface area contributed by atoms with Gasteiger partial charge in [0.1, 0.15) is 5.94 Å². The van der Waals surface area contributed by atoms with Gasteiger partial charge in [0.25, 0.3) is 0 Å². The maximum absolute atomic E-state index is 10.3. The van der Waals surface area contributed by atoms with Crippen LogP contribution in [0.1, 0.15) is 13.3 Å². The second kappa shape index (κ2) is 6.53. The Morgan fingerprint density at radius 3 is 2.30 bits per heavy atom. The van der Waals surface area contributed by atoms with Gasteiger partial charge >= 0.3 is 0 Å². The van der Waals surface area contributed by atoms with Crippen LogP contribution in [0.25, 0.3) is 0 Å². The zero-order valence-electron chi connectivity index (χ0n) is 5.34. The molecule has 0 aromatic carbocycles. The van der Waals surface area contributed by atoms with Gasteiger partial charge in [-0.3, -0.25) is 9.59 Å². The van der Waals surface area contributed by atoms with Gasteiger partial charge in [-0.05, 0) is 0 Å². The minimum absolute atomic E-state index is 0. The molecule has 57 valence electrons. The van der Waals surface area contributed by atoms with Crippen molar-refractivity contribution in [3.8, 4) is 0 Å². The fraction of sp³-hybridized carbons (Fsp3) is 0.333. The van der Waals surface area contributed by atoms with Crippen LogP contribution in [-0.2, 0) is 33.9 Å². The number of allylic oxidation sites excluding steroid dienone is 1. The summed E-state index contributed by atoms with van der Waals surface area (Å²) in [6, 6.07) is 0. The third-order valence-corrected chi connectivity index (χ3v) is 0.786. The number of rotatable bonds is 3. The van der Waals surface area contributed by atoms with Crippen LogP contribution in [-0.4, -0.2) is 17.5 Å². The first-order valence-electron chi connectivity index (χ1n) is 2.50. The molecular formula is C6H6O3Rh. The van der Waals surface area contributed by atoms with Crippen LogP contribution in [0.15, 0.2) is 6.08 Å². The Balaban J connectivity index is 0. The van der Waals surface area contributed by atoms with Crippen molar-refractivity contribution in [3.05, 3.63) is 6.08 Å². The van der Waals surface area contributed by atoms with Crippen LogP contribution >= 0.6 is 0 Å². The van der Waals surface area contributed by atoms with E-state index >= 15 is 0 Å². The Labute approximate surface area is 71.2 Å². The third-order valence-electron chi connectivity index (χ3n) is 0.786. The minimum Gasteiger partial charge on any atom is -0.290 e. The first-order valence-corrected chi connectivity index (χ1v) is 2.50. The number of Topliss-reactive ketones (excluding diaryl/α,β-unsaturated/α-hetero) is 1. The van der Waals surface area contributed by atoms with E-state index in [1.165, 1.54) is 5.94 Å². The second-order valence-corrected chi connectivity index (χ2v) is 1.40. The normalized spacial score (nSPS) is 6.90. The van der Waals surface area contributed by atoms with Gasteiger partial charge in [-0.15, -0.1) is 0 Å². The Morgan fingerprint density at radius 2 is 2.00 bits per heavy atom. The predicted octanol–water partition coefficient (Wildman–Crippen LogP) is -0.0801. The maximum atomic E-state index is 10.3. The molecule has 0 aliphatic carbocycles. The molecule has 0 N–H and O–H groups in total. The van der Waals surface area contributed by atoms with E-state index in [1.807, 2.05) is 0 Å². The Hall–Kier alpha value is -0.587. The summed E-state index contributed by atoms with van der Waals surface area (Å²) in [7, 11) is 0. The molecule has 0 heterocycles. The fourth-order valence-corrected chi connectivity index (χ4v) is 0.308. The fourth-order valence-electron chi connectivity index (χ4n) is 0.308. The van der Waals surface area contributed by atoms with Crippen molar-refractivity contribution < 1.29 is 33.9 Å². The number of hydrogen-bond acceptors (Lipinski definition) is 3. The largest absolute Gasteiger partial charge is 0.290 e. The van der Waals surface area contributed by atoms with Crippen molar-refractivity contribution in [1.29, 1.82) is 0 Å². The van der Waals surface area contributed by atoms with Crippen LogP contribution in [0, 0.1) is 0 Å². The standard InChI is InChI=1S/C6H6O3.Rh/c1-2-5(8)6(9)3-4-7;/h3H,2H2,1H3;. The van der Waals surface area contributed by atoms with Crippen LogP contribution in [0.5, 0.6) is 0 Å². The van der Waals surface area contributed by atoms with Crippen molar-refractivity contribution in [2.24, 2.45) is 0 Å². The average Bonchev–Trinajstić information content (AvgIpc) is 1.87. The Kier molecular flexibility index (Phi) is 7.92. The van der Waals surface area contributed by atoms with Crippen LogP contribution in [0.3, 0.4) is 0 Å². The molecule has 0 aliphatic heterocycles. The average molecular weight is 229 g/mol. The third kappa shape index (κ3) is 4.31. The second-order valence-electron chi connectivity index (χ2n) is 1.40. The molecule has 0 atom stereocenters. The smallest absolute Gasteiger partial charge is 0.232 e. The van der Waals surface area contributed by atoms with E-state index in [-0.39, 0.29) is 25.9 Å². The van der Waals surface area contributed by atoms with Gasteiger partial charge in [-0.25, -0.2) is 4.79 Å². The topological polar surface area (TPSA) is 51.2 Å². The van der Waals surface area contributed by atoms with E-state index in [2.05, 4.69) is 0 Å². The van der Waals surface area contributed by atoms with Crippen LogP contribution in [0.2, 0.25) is 0 Å². The first-order chi connectivity index (χ1) is 4.22. The molecule has 0 aromatic heterocycles. The summed E-state index contributed by atoms with van der Waals surface area (Å²) in [6.07, 6.45) is 0.739. The van der Waals surface area contributed by atoms with Gasteiger partial charge in [0.15, 0.2) is 0 Å². The number of ketones is 2. The monoisotopic (exact) mass is 229 g/mol. The van der Waals surface area contributed by atoms with E-state index in [4.69, 9.17) is 0 Å². The van der Waals surface area contributed by atoms with E-state index < -0.39 is 11.6 Å². The summed E-state index contributed by atoms with van der Waals surface area (Å²) in [5.41, 5.74) is 0. The molecule has 0 fully saturated rings. The number of carbonyl (C=O) groups excluding carboxylic acids is 3. The Bertz CT molecular complexity index is 179. The van der Waals surface area contributed by atoms with E-state index in [1.54, 1.807) is 6.92 Å². The van der Waals surface area contributed by atoms with E-state index in [9.17, 15) is 14.4 Å². The van der Waals surface area contributed by atoms with E-state index in [0.717, 1.165) is 0 Å². The summed E-state index contributed by atoms with van der Waals surface area (Å²) in [5.74, 6) is -0.0906. The summed E-state index contributed by atoms with van der Waals surface area (Å²) in [5, 5.41) is 0. The molecule has 0 aromatic rings. The van der Waals surface area contributed by atoms with Crippen molar-refractivity contribution in [1.82, 2.24) is 0 Å². The number of hydrogen-bond donors (Lipinski definition) is 0. The molecule has 0 aliphatic rings. The van der Waals surface area contributed by atoms with Gasteiger partial charge in [-0.1, -0.05) is 6.92 Å². The predicted molar refractivity (Wildman–Crippen MR) is 30.6 cm³/mol. The minimum atomic E-state index is -0.771. The molecule has 0 saturated heterocycles. The molecule has 0 unspecified atom stereocenters. The summed E-state index contributed by atoms with van der Waals surface area (Å²) in [4.78, 5) is 30.1. The van der Waals surface area contributed by atoms with Gasteiger partial charge < -0.3 is 0 Å². The van der Waals surface area contributed by atoms with Crippen molar-refractivity contribution >= 4 is 17.5 Å². The molecule has 0 rings (SSSR count). The van der Waals surface area contributed by atoms with E-state index in [0.29, 0.717) is 6.08 Å². The molecule has 0 bridgehead atoms. The Morgan fingerprint density at radius 1 is 1.50 bits per heavy atom. The van der Waals surface area contributed by atoms with Crippen LogP contribution < -0.4 is 0 Å². The summed E-state index contributed by atoms with van der Waals surface area (Å²) < 4.78 is 0. The maximum Gasteiger partial charge on any atom is 0.232 e. The van der Waals surface area contributed by atoms with Gasteiger partial charge in [0.05, 0.1) is 6.08 Å². The zero-order valence-corrected chi connectivity index (χ0v) is 6.98. The molecular weight excluding hydrogens is 223 g/mol. The van der Waals surface area contributed by atoms with Gasteiger partial charge in [0.2, 0.25) is 11.6 Å².